The maximum Gasteiger partial charge on any atom is 0.225 e. The van der Waals surface area contributed by atoms with Crippen LogP contribution in [0.2, 0.25) is 0 Å². The third kappa shape index (κ3) is 2.70. The average Bonchev–Trinajstić information content (AvgIpc) is 2.84. The Labute approximate surface area is 109 Å². The van der Waals surface area contributed by atoms with Crippen LogP contribution < -0.4 is 0 Å². The molecular formula is C12H13NO4S. The van der Waals surface area contributed by atoms with Crippen molar-refractivity contribution in [2.45, 2.75) is 12.8 Å². The maximum absolute atomic E-state index is 12.0. The summed E-state index contributed by atoms with van der Waals surface area (Å²) in [5.74, 6) is 0.363. The van der Waals surface area contributed by atoms with Crippen molar-refractivity contribution in [1.29, 1.82) is 0 Å². The maximum atomic E-state index is 12.0. The molecule has 1 aromatic heterocycles. The van der Waals surface area contributed by atoms with Crippen LogP contribution in [0.25, 0.3) is 0 Å². The van der Waals surface area contributed by atoms with Crippen LogP contribution in [0.4, 0.5) is 0 Å². The van der Waals surface area contributed by atoms with E-state index in [1.165, 1.54) is 24.0 Å². The van der Waals surface area contributed by atoms with Crippen molar-refractivity contribution in [3.63, 3.8) is 0 Å². The smallest absolute Gasteiger partial charge is 0.225 e. The van der Waals surface area contributed by atoms with Gasteiger partial charge in [-0.25, -0.2) is 0 Å². The number of aromatic nitrogens is 1. The molecule has 0 fully saturated rings. The summed E-state index contributed by atoms with van der Waals surface area (Å²) in [5.41, 5.74) is 0.266. The molecular weight excluding hydrogens is 254 g/mol. The molecule has 1 aliphatic rings. The number of fused-ring (bicyclic) bond motifs is 1. The lowest BCUT2D eigenvalue weighted by molar-refractivity contribution is 0.0967. The largest absolute Gasteiger partial charge is 0.385 e. The molecule has 0 amide bonds. The van der Waals surface area contributed by atoms with Crippen molar-refractivity contribution in [1.82, 2.24) is 5.16 Å². The lowest BCUT2D eigenvalue weighted by atomic mass is 10.0. The van der Waals surface area contributed by atoms with Gasteiger partial charge in [-0.05, 0) is 18.6 Å². The van der Waals surface area contributed by atoms with E-state index < -0.39 is 0 Å². The predicted molar refractivity (Wildman–Crippen MR) is 66.8 cm³/mol. The highest BCUT2D eigenvalue weighted by molar-refractivity contribution is 8.04. The third-order valence-electron chi connectivity index (χ3n) is 2.53. The summed E-state index contributed by atoms with van der Waals surface area (Å²) in [4.78, 5) is 24.1. The molecule has 0 bridgehead atoms. The standard InChI is InChI=1S/C12H13NO4S/c1-16-4-2-3-5-18-10-6-9(14)12-8(11(10)15)7-13-17-12/h6-7H,2-5H2,1H3. The lowest BCUT2D eigenvalue weighted by Gasteiger charge is -2.09. The van der Waals surface area contributed by atoms with Crippen LogP contribution in [-0.2, 0) is 4.74 Å². The first-order valence-corrected chi connectivity index (χ1v) is 6.59. The zero-order chi connectivity index (χ0) is 13.0. The molecule has 1 aliphatic carbocycles. The number of nitrogens with zero attached hydrogens (tertiary/aromatic N) is 1. The van der Waals surface area contributed by atoms with Crippen LogP contribution in [-0.4, -0.2) is 36.2 Å². The quantitative estimate of drug-likeness (QED) is 0.735. The second kappa shape index (κ2) is 5.97. The number of ketones is 2. The van der Waals surface area contributed by atoms with Gasteiger partial charge in [0.1, 0.15) is 0 Å². The molecule has 0 saturated heterocycles. The first kappa shape index (κ1) is 13.0. The number of thioether (sulfide) groups is 1. The number of methoxy groups -OCH3 is 1. The molecule has 2 rings (SSSR count). The summed E-state index contributed by atoms with van der Waals surface area (Å²) in [6.07, 6.45) is 4.51. The Bertz CT molecular complexity index is 492. The van der Waals surface area contributed by atoms with E-state index in [1.54, 1.807) is 7.11 Å². The van der Waals surface area contributed by atoms with E-state index in [-0.39, 0.29) is 22.9 Å². The topological polar surface area (TPSA) is 69.4 Å². The molecule has 0 saturated carbocycles. The molecule has 0 aliphatic heterocycles. The van der Waals surface area contributed by atoms with E-state index in [2.05, 4.69) is 5.16 Å². The van der Waals surface area contributed by atoms with Crippen molar-refractivity contribution in [2.75, 3.05) is 19.5 Å². The summed E-state index contributed by atoms with van der Waals surface area (Å²) in [6.45, 7) is 0.711. The SMILES string of the molecule is COCCCCSC1=CC(=O)c2oncc2C1=O. The number of rotatable bonds is 6. The van der Waals surface area contributed by atoms with Crippen LogP contribution in [0.3, 0.4) is 0 Å². The Morgan fingerprint density at radius 1 is 1.39 bits per heavy atom. The van der Waals surface area contributed by atoms with Gasteiger partial charge in [0.15, 0.2) is 0 Å². The van der Waals surface area contributed by atoms with Gasteiger partial charge < -0.3 is 9.26 Å². The van der Waals surface area contributed by atoms with Gasteiger partial charge in [0.25, 0.3) is 0 Å². The Morgan fingerprint density at radius 2 is 2.22 bits per heavy atom. The zero-order valence-electron chi connectivity index (χ0n) is 9.97. The van der Waals surface area contributed by atoms with Gasteiger partial charge in [-0.3, -0.25) is 9.59 Å². The van der Waals surface area contributed by atoms with Crippen molar-refractivity contribution >= 4 is 23.3 Å². The van der Waals surface area contributed by atoms with Gasteiger partial charge in [0, 0.05) is 19.8 Å². The highest BCUT2D eigenvalue weighted by Crippen LogP contribution is 2.28. The number of carbonyl (C=O) groups excluding carboxylic acids is 2. The highest BCUT2D eigenvalue weighted by Gasteiger charge is 2.29. The van der Waals surface area contributed by atoms with Crippen molar-refractivity contribution in [3.05, 3.63) is 28.5 Å². The van der Waals surface area contributed by atoms with E-state index in [4.69, 9.17) is 9.26 Å². The summed E-state index contributed by atoms with van der Waals surface area (Å²) in [5, 5.41) is 3.48. The van der Waals surface area contributed by atoms with Crippen LogP contribution in [0.5, 0.6) is 0 Å². The Kier molecular flexibility index (Phi) is 4.33. The summed E-state index contributed by atoms with van der Waals surface area (Å²) < 4.78 is 9.70. The Morgan fingerprint density at radius 3 is 3.00 bits per heavy atom. The van der Waals surface area contributed by atoms with Crippen LogP contribution in [0, 0.1) is 0 Å². The van der Waals surface area contributed by atoms with E-state index in [9.17, 15) is 9.59 Å². The number of allylic oxidation sites excluding steroid dienone is 2. The molecule has 0 aromatic carbocycles. The molecule has 0 atom stereocenters. The van der Waals surface area contributed by atoms with Gasteiger partial charge in [0.05, 0.1) is 16.7 Å². The zero-order valence-corrected chi connectivity index (χ0v) is 10.8. The minimum atomic E-state index is -0.290. The van der Waals surface area contributed by atoms with Gasteiger partial charge in [-0.15, -0.1) is 11.8 Å². The number of unbranched alkanes of at least 4 members (excludes halogenated alkanes) is 1. The van der Waals surface area contributed by atoms with Crippen LogP contribution in [0.15, 0.2) is 21.7 Å². The molecule has 0 unspecified atom stereocenters. The molecule has 18 heavy (non-hydrogen) atoms. The summed E-state index contributed by atoms with van der Waals surface area (Å²) in [6, 6.07) is 0. The Hall–Kier alpha value is -1.40. The van der Waals surface area contributed by atoms with Crippen molar-refractivity contribution in [3.8, 4) is 0 Å². The monoisotopic (exact) mass is 267 g/mol. The van der Waals surface area contributed by atoms with Crippen LogP contribution in [0.1, 0.15) is 33.8 Å². The van der Waals surface area contributed by atoms with Gasteiger partial charge >= 0.3 is 0 Å². The summed E-state index contributed by atoms with van der Waals surface area (Å²) in [7, 11) is 1.66. The van der Waals surface area contributed by atoms with Gasteiger partial charge in [-0.2, -0.15) is 0 Å². The van der Waals surface area contributed by atoms with Crippen molar-refractivity contribution < 1.29 is 18.8 Å². The number of ether oxygens (including phenoxy) is 1. The number of Topliss-reactive ketones (excluding diaryl/α,β-unsaturated/α-hetero) is 1. The molecule has 1 aromatic rings. The molecule has 0 radical (unpaired) electrons. The molecule has 1 heterocycles. The molecule has 5 nitrogen and oxygen atoms in total. The second-order valence-electron chi connectivity index (χ2n) is 3.82. The van der Waals surface area contributed by atoms with E-state index >= 15 is 0 Å². The summed E-state index contributed by atoms with van der Waals surface area (Å²) >= 11 is 1.39. The van der Waals surface area contributed by atoms with Gasteiger partial charge in [0.2, 0.25) is 17.3 Å². The Balaban J connectivity index is 1.94. The number of hydrogen-bond donors (Lipinski definition) is 0. The molecule has 6 heteroatoms. The van der Waals surface area contributed by atoms with E-state index in [0.717, 1.165) is 18.6 Å². The second-order valence-corrected chi connectivity index (χ2v) is 4.96. The highest BCUT2D eigenvalue weighted by atomic mass is 32.2. The van der Waals surface area contributed by atoms with Crippen LogP contribution >= 0.6 is 11.8 Å². The molecule has 0 spiro atoms. The normalized spacial score (nSPS) is 14.6. The predicted octanol–water partition coefficient (Wildman–Crippen LogP) is 2.10. The molecule has 96 valence electrons. The number of hydrogen-bond acceptors (Lipinski definition) is 6. The van der Waals surface area contributed by atoms with E-state index in [0.29, 0.717) is 11.5 Å². The first-order valence-electron chi connectivity index (χ1n) is 5.61. The first-order chi connectivity index (χ1) is 8.74. The fourth-order valence-corrected chi connectivity index (χ4v) is 2.60. The average molecular weight is 267 g/mol. The minimum Gasteiger partial charge on any atom is -0.385 e. The van der Waals surface area contributed by atoms with Gasteiger partial charge in [-0.1, -0.05) is 5.16 Å². The molecule has 0 N–H and O–H groups in total. The van der Waals surface area contributed by atoms with E-state index in [1.807, 2.05) is 0 Å². The fourth-order valence-electron chi connectivity index (χ4n) is 1.60. The minimum absolute atomic E-state index is 0.0451. The fraction of sp³-hybridized carbons (Fsp3) is 0.417. The van der Waals surface area contributed by atoms with Crippen molar-refractivity contribution in [2.24, 2.45) is 0 Å². The lowest BCUT2D eigenvalue weighted by Crippen LogP contribution is -2.13. The number of carbonyl (C=O) groups is 2. The third-order valence-corrected chi connectivity index (χ3v) is 3.63.